The number of methoxy groups -OCH3 is 1. The van der Waals surface area contributed by atoms with Gasteiger partial charge in [0.05, 0.1) is 13.7 Å². The third kappa shape index (κ3) is 15.9. The molecule has 0 aliphatic rings. The van der Waals surface area contributed by atoms with Crippen LogP contribution in [0.3, 0.4) is 0 Å². The van der Waals surface area contributed by atoms with Crippen molar-refractivity contribution < 1.29 is 43.3 Å². The number of alkyl carbamates (subject to hydrolysis) is 2. The molecule has 0 aromatic heterocycles. The SMILES string of the molecule is COC(=O)NCCCC[C@H](NC(=O)[C@@H](NC(=O)OCc1ccccc1)C(C)C)C(=O)N[C@@H](CC(C)C)C(=O)NN(Cc1ccc(O)cc1)C(=O)CCl. The number of phenols is 1. The Labute approximate surface area is 309 Å². The van der Waals surface area contributed by atoms with Gasteiger partial charge in [-0.1, -0.05) is 70.2 Å². The summed E-state index contributed by atoms with van der Waals surface area (Å²) in [4.78, 5) is 77.8. The number of phenolic OH excluding ortho intramolecular Hbond substituents is 1. The molecule has 3 atom stereocenters. The Bertz CT molecular complexity index is 1460. The fraction of sp³-hybridized carbons (Fsp3) is 0.500. The zero-order valence-electron chi connectivity index (χ0n) is 30.3. The maximum absolute atomic E-state index is 13.8. The van der Waals surface area contributed by atoms with E-state index in [9.17, 15) is 33.9 Å². The van der Waals surface area contributed by atoms with Crippen molar-refractivity contribution in [2.24, 2.45) is 11.8 Å². The molecule has 0 aliphatic carbocycles. The van der Waals surface area contributed by atoms with Crippen molar-refractivity contribution in [2.75, 3.05) is 19.5 Å². The van der Waals surface area contributed by atoms with Crippen LogP contribution in [0, 0.1) is 11.8 Å². The number of rotatable bonds is 19. The van der Waals surface area contributed by atoms with Crippen LogP contribution in [0.2, 0.25) is 0 Å². The number of hydrogen-bond donors (Lipinski definition) is 6. The molecule has 286 valence electrons. The molecule has 6 N–H and O–H groups in total. The summed E-state index contributed by atoms with van der Waals surface area (Å²) in [6, 6.07) is 11.7. The summed E-state index contributed by atoms with van der Waals surface area (Å²) < 4.78 is 9.88. The van der Waals surface area contributed by atoms with E-state index in [1.807, 2.05) is 19.9 Å². The highest BCUT2D eigenvalue weighted by molar-refractivity contribution is 6.27. The second-order valence-corrected chi connectivity index (χ2v) is 13.1. The van der Waals surface area contributed by atoms with Gasteiger partial charge in [0.15, 0.2) is 0 Å². The molecule has 52 heavy (non-hydrogen) atoms. The predicted molar refractivity (Wildman–Crippen MR) is 193 cm³/mol. The van der Waals surface area contributed by atoms with Gasteiger partial charge < -0.3 is 35.8 Å². The maximum atomic E-state index is 13.8. The molecule has 0 radical (unpaired) electrons. The van der Waals surface area contributed by atoms with Gasteiger partial charge in [-0.25, -0.2) is 14.6 Å². The monoisotopic (exact) mass is 746 g/mol. The van der Waals surface area contributed by atoms with E-state index in [1.165, 1.54) is 19.2 Å². The van der Waals surface area contributed by atoms with Crippen molar-refractivity contribution in [3.8, 4) is 5.75 Å². The average molecular weight is 747 g/mol. The third-order valence-electron chi connectivity index (χ3n) is 7.72. The number of ether oxygens (including phenoxy) is 2. The summed E-state index contributed by atoms with van der Waals surface area (Å²) in [5, 5.41) is 21.2. The van der Waals surface area contributed by atoms with Crippen LogP contribution < -0.4 is 26.7 Å². The van der Waals surface area contributed by atoms with Crippen molar-refractivity contribution in [3.63, 3.8) is 0 Å². The minimum absolute atomic E-state index is 0.00803. The van der Waals surface area contributed by atoms with Crippen LogP contribution in [-0.4, -0.2) is 83.6 Å². The average Bonchev–Trinajstić information content (AvgIpc) is 3.12. The molecule has 2 aromatic rings. The lowest BCUT2D eigenvalue weighted by molar-refractivity contribution is -0.142. The largest absolute Gasteiger partial charge is 0.508 e. The van der Waals surface area contributed by atoms with Crippen LogP contribution in [0.5, 0.6) is 5.75 Å². The van der Waals surface area contributed by atoms with Crippen molar-refractivity contribution in [3.05, 3.63) is 65.7 Å². The van der Waals surface area contributed by atoms with Gasteiger partial charge in [-0.2, -0.15) is 0 Å². The molecular weight excluding hydrogens is 696 g/mol. The lowest BCUT2D eigenvalue weighted by atomic mass is 10.0. The first-order valence-corrected chi connectivity index (χ1v) is 17.6. The summed E-state index contributed by atoms with van der Waals surface area (Å²) >= 11 is 5.82. The molecule has 0 aliphatic heterocycles. The van der Waals surface area contributed by atoms with Gasteiger partial charge in [0.2, 0.25) is 11.8 Å². The second-order valence-electron chi connectivity index (χ2n) is 12.8. The van der Waals surface area contributed by atoms with Gasteiger partial charge in [-0.15, -0.1) is 11.6 Å². The van der Waals surface area contributed by atoms with E-state index >= 15 is 0 Å². The number of carbonyl (C=O) groups is 6. The molecular formula is C36H51ClN6O9. The standard InChI is InChI=1S/C36H51ClN6O9/c1-23(2)19-29(33(47)42-43(30(45)20-37)21-25-14-16-27(44)17-15-25)40-32(46)28(13-9-10-18-38-35(49)51-5)39-34(48)31(24(3)4)41-36(50)52-22-26-11-7-6-8-12-26/h6-8,11-12,14-17,23-24,28-29,31,44H,9-10,13,18-22H2,1-5H3,(H,38,49)(H,39,48)(H,40,46)(H,41,50)(H,42,47)/t28-,29-,31-/m0/s1. The summed E-state index contributed by atoms with van der Waals surface area (Å²) in [6.45, 7) is 7.35. The van der Waals surface area contributed by atoms with Crippen molar-refractivity contribution >= 4 is 47.4 Å². The van der Waals surface area contributed by atoms with E-state index < -0.39 is 65.7 Å². The van der Waals surface area contributed by atoms with Crippen molar-refractivity contribution in [2.45, 2.75) is 84.7 Å². The van der Waals surface area contributed by atoms with Crippen molar-refractivity contribution in [1.82, 2.24) is 31.7 Å². The molecule has 15 nitrogen and oxygen atoms in total. The Morgan fingerprint density at radius 3 is 2.04 bits per heavy atom. The zero-order valence-corrected chi connectivity index (χ0v) is 31.0. The van der Waals surface area contributed by atoms with E-state index in [-0.39, 0.29) is 44.2 Å². The van der Waals surface area contributed by atoms with Crippen LogP contribution >= 0.6 is 11.6 Å². The molecule has 2 aromatic carbocycles. The normalized spacial score (nSPS) is 12.5. The van der Waals surface area contributed by atoms with Gasteiger partial charge in [0, 0.05) is 6.54 Å². The number of nitrogens with zero attached hydrogens (tertiary/aromatic N) is 1. The van der Waals surface area contributed by atoms with E-state index in [1.54, 1.807) is 50.2 Å². The molecule has 0 heterocycles. The first-order chi connectivity index (χ1) is 24.7. The van der Waals surface area contributed by atoms with Gasteiger partial charge in [0.25, 0.3) is 11.8 Å². The van der Waals surface area contributed by atoms with Crippen LogP contribution in [0.15, 0.2) is 54.6 Å². The van der Waals surface area contributed by atoms with Gasteiger partial charge in [-0.3, -0.25) is 24.6 Å². The Hall–Kier alpha value is -5.05. The number of nitrogens with one attached hydrogen (secondary N) is 5. The fourth-order valence-electron chi connectivity index (χ4n) is 4.93. The quantitative estimate of drug-likeness (QED) is 0.0707. The van der Waals surface area contributed by atoms with E-state index in [0.717, 1.165) is 10.6 Å². The Morgan fingerprint density at radius 2 is 1.44 bits per heavy atom. The minimum atomic E-state index is -1.14. The summed E-state index contributed by atoms with van der Waals surface area (Å²) in [5.74, 6) is -3.45. The molecule has 0 bridgehead atoms. The second kappa shape index (κ2) is 22.7. The van der Waals surface area contributed by atoms with Crippen LogP contribution in [0.4, 0.5) is 9.59 Å². The Balaban J connectivity index is 2.22. The lowest BCUT2D eigenvalue weighted by Crippen LogP contribution is -2.59. The van der Waals surface area contributed by atoms with Crippen LogP contribution in [0.25, 0.3) is 0 Å². The topological polar surface area (TPSA) is 204 Å². The number of alkyl halides is 1. The molecule has 0 unspecified atom stereocenters. The molecule has 0 spiro atoms. The number of unbranched alkanes of at least 4 members (excludes halogenated alkanes) is 1. The molecule has 0 saturated heterocycles. The van der Waals surface area contributed by atoms with Gasteiger partial charge >= 0.3 is 12.2 Å². The molecule has 6 amide bonds. The van der Waals surface area contributed by atoms with E-state index in [2.05, 4.69) is 31.4 Å². The lowest BCUT2D eigenvalue weighted by Gasteiger charge is -2.29. The fourth-order valence-corrected chi connectivity index (χ4v) is 5.07. The highest BCUT2D eigenvalue weighted by atomic mass is 35.5. The van der Waals surface area contributed by atoms with Gasteiger partial charge in [0.1, 0.15) is 36.4 Å². The number of hydrogen-bond acceptors (Lipinski definition) is 9. The minimum Gasteiger partial charge on any atom is -0.508 e. The number of carbonyl (C=O) groups excluding carboxylic acids is 6. The smallest absolute Gasteiger partial charge is 0.408 e. The summed E-state index contributed by atoms with van der Waals surface area (Å²) in [5.41, 5.74) is 3.92. The molecule has 16 heteroatoms. The summed E-state index contributed by atoms with van der Waals surface area (Å²) in [6.07, 6.45) is -0.293. The highest BCUT2D eigenvalue weighted by Gasteiger charge is 2.32. The first-order valence-electron chi connectivity index (χ1n) is 17.1. The van der Waals surface area contributed by atoms with Crippen LogP contribution in [0.1, 0.15) is 64.5 Å². The summed E-state index contributed by atoms with van der Waals surface area (Å²) in [7, 11) is 1.24. The molecule has 2 rings (SSSR count). The predicted octanol–water partition coefficient (Wildman–Crippen LogP) is 3.48. The highest BCUT2D eigenvalue weighted by Crippen LogP contribution is 2.13. The zero-order chi connectivity index (χ0) is 38.6. The number of aromatic hydroxyl groups is 1. The Kier molecular flexibility index (Phi) is 18.8. The number of halogens is 1. The third-order valence-corrected chi connectivity index (χ3v) is 7.95. The number of benzene rings is 2. The Morgan fingerprint density at radius 1 is 0.788 bits per heavy atom. The van der Waals surface area contributed by atoms with E-state index in [4.69, 9.17) is 16.3 Å². The first kappa shape index (κ1) is 43.1. The van der Waals surface area contributed by atoms with Gasteiger partial charge in [-0.05, 0) is 60.8 Å². The molecule has 0 fully saturated rings. The maximum Gasteiger partial charge on any atom is 0.408 e. The number of hydrazine groups is 1. The number of amides is 6. The van der Waals surface area contributed by atoms with Crippen LogP contribution in [-0.2, 0) is 41.8 Å². The molecule has 0 saturated carbocycles. The van der Waals surface area contributed by atoms with Crippen molar-refractivity contribution in [1.29, 1.82) is 0 Å². The van der Waals surface area contributed by atoms with E-state index in [0.29, 0.717) is 18.4 Å².